The zero-order valence-corrected chi connectivity index (χ0v) is 76.1. The van der Waals surface area contributed by atoms with Crippen molar-refractivity contribution >= 4 is 102 Å². The van der Waals surface area contributed by atoms with Gasteiger partial charge in [0, 0.05) is 45.7 Å². The number of nitrogens with one attached hydrogen (secondary N) is 15. The third kappa shape index (κ3) is 45.9. The number of rotatable bonds is 32. The van der Waals surface area contributed by atoms with E-state index in [1.165, 1.54) is 20.8 Å². The van der Waals surface area contributed by atoms with Gasteiger partial charge in [-0.2, -0.15) is 0 Å². The maximum absolute atomic E-state index is 15.4. The Balaban J connectivity index is 3.11. The summed E-state index contributed by atoms with van der Waals surface area (Å²) in [5, 5.41) is 60.4. The predicted molar refractivity (Wildman–Crippen MR) is 450 cm³/mol. The minimum absolute atomic E-state index is 0.0615. The molecule has 0 unspecified atom stereocenters. The fourth-order valence-electron chi connectivity index (χ4n) is 11.5. The van der Waals surface area contributed by atoms with Crippen LogP contribution in [0.25, 0.3) is 0 Å². The molecule has 42 nitrogen and oxygen atoms in total. The summed E-state index contributed by atoms with van der Waals surface area (Å²) in [7, 11) is 1.03. The number of benzene rings is 1. The lowest BCUT2D eigenvalue weighted by Gasteiger charge is -2.32. The number of aliphatic hydroxyl groups is 2. The van der Waals surface area contributed by atoms with Gasteiger partial charge in [0.05, 0.1) is 19.3 Å². The van der Waals surface area contributed by atoms with E-state index in [0.717, 1.165) is 25.9 Å². The zero-order valence-electron chi connectivity index (χ0n) is 76.1. The number of esters is 1. The third-order valence-electron chi connectivity index (χ3n) is 17.1. The van der Waals surface area contributed by atoms with Gasteiger partial charge in [0.15, 0.2) is 0 Å². The Kier molecular flexibility index (Phi) is 44.5. The van der Waals surface area contributed by atoms with Crippen molar-refractivity contribution in [1.82, 2.24) is 84.7 Å². The molecule has 702 valence electrons. The third-order valence-corrected chi connectivity index (χ3v) is 17.1. The first-order valence-corrected chi connectivity index (χ1v) is 41.5. The lowest BCUT2D eigenvalue weighted by molar-refractivity contribution is -0.148. The van der Waals surface area contributed by atoms with Crippen molar-refractivity contribution in [3.63, 3.8) is 0 Å². The summed E-state index contributed by atoms with van der Waals surface area (Å²) in [5.41, 5.74) is -5.69. The van der Waals surface area contributed by atoms with E-state index < -0.39 is 279 Å². The molecule has 0 bridgehead atoms. The maximum Gasteiger partial charge on any atom is 0.411 e. The molecule has 0 aromatic heterocycles. The summed E-state index contributed by atoms with van der Waals surface area (Å²) in [4.78, 5) is 243. The zero-order chi connectivity index (χ0) is 94.6. The maximum atomic E-state index is 15.4. The molecule has 17 N–H and O–H groups in total. The van der Waals surface area contributed by atoms with Crippen LogP contribution in [0.4, 0.5) is 28.8 Å². The first-order chi connectivity index (χ1) is 57.1. The van der Waals surface area contributed by atoms with Crippen molar-refractivity contribution in [2.45, 2.75) is 323 Å². The number of carbonyl (C=O) groups excluding carboxylic acids is 17. The van der Waals surface area contributed by atoms with E-state index in [0.29, 0.717) is 5.56 Å². The van der Waals surface area contributed by atoms with Crippen LogP contribution >= 0.6 is 0 Å². The topological polar surface area (TPSA) is 579 Å². The van der Waals surface area contributed by atoms with Gasteiger partial charge in [-0.1, -0.05) is 44.2 Å². The number of carbonyl (C=O) groups is 17. The van der Waals surface area contributed by atoms with E-state index in [2.05, 4.69) is 79.8 Å². The first-order valence-electron chi connectivity index (χ1n) is 41.5. The minimum atomic E-state index is -2.04. The van der Waals surface area contributed by atoms with Gasteiger partial charge < -0.3 is 123 Å². The molecule has 0 spiro atoms. The summed E-state index contributed by atoms with van der Waals surface area (Å²) in [6.07, 6.45) is -12.4. The van der Waals surface area contributed by atoms with Crippen molar-refractivity contribution in [2.24, 2.45) is 5.92 Å². The summed E-state index contributed by atoms with van der Waals surface area (Å²) >= 11 is 0. The number of alkyl carbamates (subject to hydrolysis) is 5. The Bertz CT molecular complexity index is 3750. The van der Waals surface area contributed by atoms with E-state index >= 15 is 19.2 Å². The second-order valence-corrected chi connectivity index (χ2v) is 36.3. The summed E-state index contributed by atoms with van der Waals surface area (Å²) in [5.74, 6) is -13.0. The van der Waals surface area contributed by atoms with Crippen LogP contribution in [-0.4, -0.2) is 276 Å². The van der Waals surface area contributed by atoms with Crippen LogP contribution in [-0.2, 0) is 92.3 Å². The number of hydrogen-bond acceptors (Lipinski definition) is 26. The second kappa shape index (κ2) is 50.6. The fraction of sp³-hybridized carbons (Fsp3) is 0.720. The molecule has 2 rings (SSSR count). The Hall–Kier alpha value is -11.1. The SMILES string of the molecule is COC(=O)[C@H](CCCCNC(=O)OC(C)(C)C)N(CC(=O)N[C@@H](C(=O)N[C@@H](CCNC(=O)OC(C)(C)C)C(=O)N[C@H]1CCNC(=O)[C@H]([C@H](C)O)NC(=O)[C@H](CCNC(=O)OC(C)(C)C)NC(=O)[C@H](CCNC(=O)OC(C)(C)C)NC(=O)[C@H](CC(C)C)NC(=O)[C@@H](Cc2ccccc2)NC(=O)[C@H](CCNC(=O)OC(C)(C)C)NC1=O)[C@H](C)O)C(=O)OC(C)(C)C. The molecule has 1 aromatic rings. The fourth-order valence-corrected chi connectivity index (χ4v) is 11.5. The molecule has 1 aliphatic heterocycles. The highest BCUT2D eigenvalue weighted by Gasteiger charge is 2.41. The van der Waals surface area contributed by atoms with Crippen molar-refractivity contribution in [3.05, 3.63) is 35.9 Å². The van der Waals surface area contributed by atoms with Crippen molar-refractivity contribution < 1.29 is 125 Å². The number of amides is 16. The quantitative estimate of drug-likeness (QED) is 0.0279. The van der Waals surface area contributed by atoms with Gasteiger partial charge in [-0.3, -0.25) is 52.8 Å². The molecule has 1 fully saturated rings. The predicted octanol–water partition coefficient (Wildman–Crippen LogP) is 2.05. The molecule has 12 atom stereocenters. The monoisotopic (exact) mass is 1760 g/mol. The first kappa shape index (κ1) is 109. The average molecular weight is 1760 g/mol. The van der Waals surface area contributed by atoms with Crippen LogP contribution in [0, 0.1) is 5.92 Å². The number of aliphatic hydroxyl groups excluding tert-OH is 2. The molecule has 0 aliphatic carbocycles. The van der Waals surface area contributed by atoms with Crippen molar-refractivity contribution in [1.29, 1.82) is 0 Å². The normalized spacial score (nSPS) is 19.5. The number of unbranched alkanes of at least 4 members (excludes halogenated alkanes) is 1. The lowest BCUT2D eigenvalue weighted by Crippen LogP contribution is -2.62. The van der Waals surface area contributed by atoms with Crippen LogP contribution < -0.4 is 79.8 Å². The highest BCUT2D eigenvalue weighted by molar-refractivity contribution is 5.99. The molecule has 1 heterocycles. The van der Waals surface area contributed by atoms with Crippen molar-refractivity contribution in [3.8, 4) is 0 Å². The van der Waals surface area contributed by atoms with E-state index in [1.54, 1.807) is 148 Å². The van der Waals surface area contributed by atoms with E-state index in [1.807, 2.05) is 0 Å². The largest absolute Gasteiger partial charge is 0.467 e. The van der Waals surface area contributed by atoms with Gasteiger partial charge in [-0.15, -0.1) is 0 Å². The smallest absolute Gasteiger partial charge is 0.411 e. The second-order valence-electron chi connectivity index (χ2n) is 36.3. The van der Waals surface area contributed by atoms with E-state index in [9.17, 15) is 72.5 Å². The van der Waals surface area contributed by atoms with Crippen LogP contribution in [0.5, 0.6) is 0 Å². The highest BCUT2D eigenvalue weighted by Crippen LogP contribution is 2.20. The molecule has 42 heteroatoms. The molecular weight excluding hydrogens is 1620 g/mol. The Morgan fingerprint density at radius 1 is 0.460 bits per heavy atom. The van der Waals surface area contributed by atoms with Crippen molar-refractivity contribution in [2.75, 3.05) is 52.9 Å². The number of nitrogens with zero attached hydrogens (tertiary/aromatic N) is 1. The molecule has 1 aliphatic rings. The Morgan fingerprint density at radius 2 is 0.855 bits per heavy atom. The van der Waals surface area contributed by atoms with Crippen LogP contribution in [0.3, 0.4) is 0 Å². The summed E-state index contributed by atoms with van der Waals surface area (Å²) in [6.45, 7) is 30.7. The molecule has 1 saturated heterocycles. The number of ether oxygens (including phenoxy) is 7. The van der Waals surface area contributed by atoms with E-state index in [4.69, 9.17) is 33.2 Å². The highest BCUT2D eigenvalue weighted by atomic mass is 16.6. The summed E-state index contributed by atoms with van der Waals surface area (Å²) in [6, 6.07) is -9.73. The van der Waals surface area contributed by atoms with Crippen LogP contribution in [0.15, 0.2) is 30.3 Å². The van der Waals surface area contributed by atoms with Crippen LogP contribution in [0.2, 0.25) is 0 Å². The minimum Gasteiger partial charge on any atom is -0.467 e. The molecule has 124 heavy (non-hydrogen) atoms. The molecule has 1 aromatic carbocycles. The van der Waals surface area contributed by atoms with Crippen LogP contribution in [0.1, 0.15) is 216 Å². The van der Waals surface area contributed by atoms with Gasteiger partial charge in [-0.05, 0) is 208 Å². The van der Waals surface area contributed by atoms with Gasteiger partial charge in [-0.25, -0.2) is 33.6 Å². The molecule has 16 amide bonds. The molecule has 0 radical (unpaired) electrons. The van der Waals surface area contributed by atoms with Gasteiger partial charge in [0.2, 0.25) is 59.1 Å². The Labute approximate surface area is 725 Å². The Morgan fingerprint density at radius 3 is 1.27 bits per heavy atom. The lowest BCUT2D eigenvalue weighted by atomic mass is 10.00. The van der Waals surface area contributed by atoms with Gasteiger partial charge in [0.1, 0.15) is 101 Å². The number of methoxy groups -OCH3 is 1. The molecule has 0 saturated carbocycles. The molecular formula is C82H138N16O26. The standard InChI is InChI=1S/C82H138N16O26/c1-46(2)43-55-66(107)92-51(33-39-85-72(113)120-78(8,9)10)62(103)91-54(36-42-88-75(116)123-81(17,18)19)65(106)97-59(47(3)99)68(109)83-38-32-50(61(102)90-52(34-40-86-73(114)121-79(11,12)13)64(105)95-56(67(108)94-55)44-49-29-25-24-26-30-49)89-63(104)53(35-41-87-74(115)122-80(14,15)16)93-69(110)60(48(4)100)96-58(101)45-98(76(117)124-82(20,21)22)57(70(111)118-23)31-27-28-37-84-71(112)119-77(5,6)7/h24-26,29-30,46-48,50-57,59-60,99-100H,27-28,31-45H2,1-23H3,(H,83,109)(H,84,112)(H,85,113)(H,86,114)(H,87,115)(H,88,116)(H,89,104)(H,90,102)(H,91,103)(H,92,107)(H,93,110)(H,94,108)(H,95,105)(H,96,101)(H,97,106)/t47-,48-,50-,51-,52-,53-,54-,55-,56+,57-,59-,60+/m0/s1. The van der Waals surface area contributed by atoms with Gasteiger partial charge in [0.25, 0.3) is 0 Å². The van der Waals surface area contributed by atoms with Gasteiger partial charge >= 0.3 is 42.5 Å². The number of hydrogen-bond donors (Lipinski definition) is 17. The van der Waals surface area contributed by atoms with E-state index in [-0.39, 0.29) is 45.2 Å². The average Bonchev–Trinajstić information content (AvgIpc) is 1.03. The summed E-state index contributed by atoms with van der Waals surface area (Å²) < 4.78 is 37.5.